The topological polar surface area (TPSA) is 49.7 Å². The zero-order valence-electron chi connectivity index (χ0n) is 14.6. The van der Waals surface area contributed by atoms with E-state index in [2.05, 4.69) is 19.6 Å². The summed E-state index contributed by atoms with van der Waals surface area (Å²) >= 11 is 0. The standard InChI is InChI=1S/C20H30O3/c1-14-7-5-8-15(2)18-17(11-10-14)16(13-23-19(18)21)9-6-12-20(3,4)22/h6-7,9,12,17-19,21-22H,2,5,8,10-11,13H2,1,3-4H3/b12-6+,14-7+,16-9-/t17-,18+,19-/m1/s1. The first-order valence-electron chi connectivity index (χ1n) is 8.51. The van der Waals surface area contributed by atoms with Crippen molar-refractivity contribution in [3.05, 3.63) is 47.6 Å². The molecule has 3 atom stereocenters. The quantitative estimate of drug-likeness (QED) is 0.759. The minimum absolute atomic E-state index is 0.0372. The monoisotopic (exact) mass is 318 g/mol. The normalized spacial score (nSPS) is 34.5. The summed E-state index contributed by atoms with van der Waals surface area (Å²) in [5, 5.41) is 20.1. The molecule has 128 valence electrons. The molecule has 1 heterocycles. The lowest BCUT2D eigenvalue weighted by molar-refractivity contribution is -0.149. The molecule has 0 radical (unpaired) electrons. The maximum absolute atomic E-state index is 10.3. The summed E-state index contributed by atoms with van der Waals surface area (Å²) in [5.41, 5.74) is 2.83. The van der Waals surface area contributed by atoms with Gasteiger partial charge in [-0.05, 0) is 57.9 Å². The van der Waals surface area contributed by atoms with Crippen LogP contribution in [0.2, 0.25) is 0 Å². The van der Waals surface area contributed by atoms with E-state index in [1.165, 1.54) is 11.1 Å². The summed E-state index contributed by atoms with van der Waals surface area (Å²) in [6.07, 6.45) is 11.1. The van der Waals surface area contributed by atoms with Crippen LogP contribution in [0.5, 0.6) is 0 Å². The van der Waals surface area contributed by atoms with E-state index in [-0.39, 0.29) is 11.8 Å². The van der Waals surface area contributed by atoms with Crippen LogP contribution in [-0.2, 0) is 4.74 Å². The van der Waals surface area contributed by atoms with Crippen molar-refractivity contribution in [3.8, 4) is 0 Å². The van der Waals surface area contributed by atoms with Gasteiger partial charge in [0.15, 0.2) is 6.29 Å². The van der Waals surface area contributed by atoms with Crippen molar-refractivity contribution < 1.29 is 14.9 Å². The molecular formula is C20H30O3. The minimum Gasteiger partial charge on any atom is -0.386 e. The maximum atomic E-state index is 10.3. The van der Waals surface area contributed by atoms with Gasteiger partial charge in [-0.15, -0.1) is 0 Å². The van der Waals surface area contributed by atoms with Crippen LogP contribution in [0.3, 0.4) is 0 Å². The molecule has 0 saturated carbocycles. The van der Waals surface area contributed by atoms with Gasteiger partial charge in [0.1, 0.15) is 0 Å². The highest BCUT2D eigenvalue weighted by Gasteiger charge is 2.37. The van der Waals surface area contributed by atoms with Crippen LogP contribution >= 0.6 is 0 Å². The van der Waals surface area contributed by atoms with Gasteiger partial charge in [0.25, 0.3) is 0 Å². The first kappa shape index (κ1) is 18.2. The van der Waals surface area contributed by atoms with Crippen molar-refractivity contribution >= 4 is 0 Å². The molecule has 23 heavy (non-hydrogen) atoms. The van der Waals surface area contributed by atoms with Gasteiger partial charge in [0.05, 0.1) is 12.2 Å². The summed E-state index contributed by atoms with van der Waals surface area (Å²) < 4.78 is 5.59. The van der Waals surface area contributed by atoms with Crippen LogP contribution in [0.1, 0.15) is 46.5 Å². The van der Waals surface area contributed by atoms with Crippen molar-refractivity contribution in [2.45, 2.75) is 58.3 Å². The molecule has 1 fully saturated rings. The van der Waals surface area contributed by atoms with Crippen molar-refractivity contribution in [1.29, 1.82) is 0 Å². The molecule has 0 aromatic heterocycles. The van der Waals surface area contributed by atoms with Gasteiger partial charge in [-0.3, -0.25) is 0 Å². The van der Waals surface area contributed by atoms with Crippen LogP contribution in [0.25, 0.3) is 0 Å². The van der Waals surface area contributed by atoms with Gasteiger partial charge in [-0.25, -0.2) is 0 Å². The summed E-state index contributed by atoms with van der Waals surface area (Å²) in [6.45, 7) is 10.3. The lowest BCUT2D eigenvalue weighted by atomic mass is 9.75. The molecule has 0 unspecified atom stereocenters. The lowest BCUT2D eigenvalue weighted by Crippen LogP contribution is -2.39. The van der Waals surface area contributed by atoms with Gasteiger partial charge >= 0.3 is 0 Å². The number of rotatable bonds is 2. The van der Waals surface area contributed by atoms with E-state index >= 15 is 0 Å². The molecule has 0 amide bonds. The Bertz CT molecular complexity index is 519. The Morgan fingerprint density at radius 3 is 2.78 bits per heavy atom. The molecule has 0 aromatic rings. The molecule has 0 bridgehead atoms. The van der Waals surface area contributed by atoms with E-state index in [1.54, 1.807) is 19.9 Å². The minimum atomic E-state index is -0.827. The highest BCUT2D eigenvalue weighted by Crippen LogP contribution is 2.40. The summed E-state index contributed by atoms with van der Waals surface area (Å²) in [4.78, 5) is 0. The Morgan fingerprint density at radius 1 is 1.35 bits per heavy atom. The number of aliphatic hydroxyl groups excluding tert-OH is 1. The Hall–Kier alpha value is -1.16. The lowest BCUT2D eigenvalue weighted by Gasteiger charge is -2.38. The zero-order valence-corrected chi connectivity index (χ0v) is 14.6. The number of fused-ring (bicyclic) bond motifs is 1. The molecule has 3 heteroatoms. The fourth-order valence-corrected chi connectivity index (χ4v) is 3.41. The average Bonchev–Trinajstić information content (AvgIpc) is 2.51. The van der Waals surface area contributed by atoms with Gasteiger partial charge in [0.2, 0.25) is 0 Å². The Balaban J connectivity index is 2.26. The van der Waals surface area contributed by atoms with E-state index in [0.29, 0.717) is 6.61 Å². The highest BCUT2D eigenvalue weighted by molar-refractivity contribution is 5.25. The Labute approximate surface area is 140 Å². The second-order valence-corrected chi connectivity index (χ2v) is 7.37. The van der Waals surface area contributed by atoms with Gasteiger partial charge < -0.3 is 14.9 Å². The summed E-state index contributed by atoms with van der Waals surface area (Å²) in [5.74, 6) is 0.212. The van der Waals surface area contributed by atoms with Crippen LogP contribution in [0.4, 0.5) is 0 Å². The summed E-state index contributed by atoms with van der Waals surface area (Å²) in [7, 11) is 0. The summed E-state index contributed by atoms with van der Waals surface area (Å²) in [6, 6.07) is 0. The third-order valence-electron chi connectivity index (χ3n) is 4.73. The molecule has 3 nitrogen and oxygen atoms in total. The van der Waals surface area contributed by atoms with Crippen LogP contribution < -0.4 is 0 Å². The molecule has 1 saturated heterocycles. The van der Waals surface area contributed by atoms with E-state index in [9.17, 15) is 10.2 Å². The molecule has 1 aliphatic heterocycles. The predicted octanol–water partition coefficient (Wildman–Crippen LogP) is 3.90. The number of hydrogen-bond donors (Lipinski definition) is 2. The third kappa shape index (κ3) is 5.17. The van der Waals surface area contributed by atoms with E-state index in [1.807, 2.05) is 12.2 Å². The fraction of sp³-hybridized carbons (Fsp3) is 0.600. The van der Waals surface area contributed by atoms with Crippen molar-refractivity contribution in [3.63, 3.8) is 0 Å². The second-order valence-electron chi connectivity index (χ2n) is 7.37. The first-order chi connectivity index (χ1) is 10.8. The molecule has 2 aliphatic rings. The third-order valence-corrected chi connectivity index (χ3v) is 4.73. The van der Waals surface area contributed by atoms with E-state index in [0.717, 1.165) is 31.3 Å². The number of allylic oxidation sites excluding steroid dienone is 4. The zero-order chi connectivity index (χ0) is 17.0. The van der Waals surface area contributed by atoms with Crippen LogP contribution in [0, 0.1) is 11.8 Å². The molecule has 2 rings (SSSR count). The van der Waals surface area contributed by atoms with Crippen molar-refractivity contribution in [1.82, 2.24) is 0 Å². The second kappa shape index (κ2) is 7.61. The number of aliphatic hydroxyl groups is 2. The molecule has 2 N–H and O–H groups in total. The van der Waals surface area contributed by atoms with E-state index < -0.39 is 11.9 Å². The van der Waals surface area contributed by atoms with Crippen LogP contribution in [-0.4, -0.2) is 28.7 Å². The Kier molecular flexibility index (Phi) is 6.01. The number of hydrogen-bond acceptors (Lipinski definition) is 3. The predicted molar refractivity (Wildman–Crippen MR) is 93.8 cm³/mol. The van der Waals surface area contributed by atoms with Gasteiger partial charge in [-0.1, -0.05) is 42.0 Å². The van der Waals surface area contributed by atoms with Crippen LogP contribution in [0.15, 0.2) is 47.6 Å². The molecule has 0 aromatic carbocycles. The van der Waals surface area contributed by atoms with Gasteiger partial charge in [0, 0.05) is 5.92 Å². The Morgan fingerprint density at radius 2 is 2.09 bits per heavy atom. The maximum Gasteiger partial charge on any atom is 0.162 e. The van der Waals surface area contributed by atoms with Gasteiger partial charge in [-0.2, -0.15) is 0 Å². The fourth-order valence-electron chi connectivity index (χ4n) is 3.41. The highest BCUT2D eigenvalue weighted by atomic mass is 16.6. The smallest absolute Gasteiger partial charge is 0.162 e. The van der Waals surface area contributed by atoms with E-state index in [4.69, 9.17) is 4.74 Å². The molecule has 1 aliphatic carbocycles. The average molecular weight is 318 g/mol. The number of ether oxygens (including phenoxy) is 1. The SMILES string of the molecule is C=C1CC/C=C(\C)CC[C@@H]2/C(=C\C=C\C(C)(C)O)CO[C@@H](O)[C@@H]12. The first-order valence-corrected chi connectivity index (χ1v) is 8.51. The largest absolute Gasteiger partial charge is 0.386 e. The molecule has 0 spiro atoms. The van der Waals surface area contributed by atoms with Crippen molar-refractivity contribution in [2.24, 2.45) is 11.8 Å². The molecular weight excluding hydrogens is 288 g/mol. The van der Waals surface area contributed by atoms with Crippen molar-refractivity contribution in [2.75, 3.05) is 6.61 Å².